The molecule has 0 bridgehead atoms. The summed E-state index contributed by atoms with van der Waals surface area (Å²) in [6, 6.07) is 7.91. The predicted octanol–water partition coefficient (Wildman–Crippen LogP) is 1.40. The number of sulfonamides is 1. The molecule has 22 heavy (non-hydrogen) atoms. The Morgan fingerprint density at radius 1 is 1.41 bits per heavy atom. The molecule has 1 aromatic rings. The third-order valence-electron chi connectivity index (χ3n) is 3.86. The van der Waals surface area contributed by atoms with Crippen molar-refractivity contribution in [1.29, 1.82) is 0 Å². The molecule has 1 aliphatic heterocycles. The molecule has 6 nitrogen and oxygen atoms in total. The highest BCUT2D eigenvalue weighted by atomic mass is 32.2. The van der Waals surface area contributed by atoms with Gasteiger partial charge in [0.1, 0.15) is 0 Å². The molecule has 122 valence electrons. The first-order valence-corrected chi connectivity index (χ1v) is 9.37. The third kappa shape index (κ3) is 4.45. The van der Waals surface area contributed by atoms with Gasteiger partial charge in [0.15, 0.2) is 5.96 Å². The van der Waals surface area contributed by atoms with E-state index in [0.717, 1.165) is 24.9 Å². The van der Waals surface area contributed by atoms with Gasteiger partial charge < -0.3 is 11.1 Å². The van der Waals surface area contributed by atoms with Crippen molar-refractivity contribution in [2.45, 2.75) is 32.2 Å². The van der Waals surface area contributed by atoms with Gasteiger partial charge in [-0.2, -0.15) is 4.31 Å². The largest absolute Gasteiger partial charge is 0.370 e. The zero-order chi connectivity index (χ0) is 16.2. The van der Waals surface area contributed by atoms with Crippen LogP contribution in [0.3, 0.4) is 0 Å². The fraction of sp³-hybridized carbons (Fsp3) is 0.533. The molecule has 1 aliphatic rings. The molecule has 2 rings (SSSR count). The molecule has 7 heteroatoms. The van der Waals surface area contributed by atoms with Crippen molar-refractivity contribution in [2.24, 2.45) is 10.7 Å². The maximum atomic E-state index is 11.7. The monoisotopic (exact) mass is 324 g/mol. The minimum absolute atomic E-state index is 0.0854. The Morgan fingerprint density at radius 3 is 2.68 bits per heavy atom. The lowest BCUT2D eigenvalue weighted by atomic mass is 10.1. The van der Waals surface area contributed by atoms with Gasteiger partial charge in [0, 0.05) is 18.3 Å². The lowest BCUT2D eigenvalue weighted by Crippen LogP contribution is -2.37. The van der Waals surface area contributed by atoms with Crippen LogP contribution in [0, 0.1) is 0 Å². The highest BCUT2D eigenvalue weighted by Crippen LogP contribution is 2.20. The molecular weight excluding hydrogens is 300 g/mol. The molecule has 1 saturated heterocycles. The maximum Gasteiger partial charge on any atom is 0.211 e. The number of nitrogens with zero attached hydrogens (tertiary/aromatic N) is 2. The number of hydrogen-bond donors (Lipinski definition) is 2. The third-order valence-corrected chi connectivity index (χ3v) is 5.19. The Balaban J connectivity index is 1.94. The molecule has 0 spiro atoms. The molecule has 1 atom stereocenters. The second-order valence-electron chi connectivity index (χ2n) is 5.57. The van der Waals surface area contributed by atoms with E-state index in [0.29, 0.717) is 19.0 Å². The molecular formula is C15H24N4O2S. The molecule has 0 unspecified atom stereocenters. The summed E-state index contributed by atoms with van der Waals surface area (Å²) >= 11 is 0. The minimum atomic E-state index is -3.16. The summed E-state index contributed by atoms with van der Waals surface area (Å²) in [6.45, 7) is 3.07. The zero-order valence-corrected chi connectivity index (χ0v) is 13.9. The molecule has 0 radical (unpaired) electrons. The zero-order valence-electron chi connectivity index (χ0n) is 13.1. The van der Waals surface area contributed by atoms with Crippen LogP contribution in [0.15, 0.2) is 29.3 Å². The van der Waals surface area contributed by atoms with E-state index in [-0.39, 0.29) is 6.04 Å². The Hall–Kier alpha value is -1.60. The highest BCUT2D eigenvalue weighted by molar-refractivity contribution is 7.88. The standard InChI is InChI=1S/C15H24N4O2S/c1-3-12-6-8-13(9-7-12)18-15(16)17-11-14-5-4-10-19(14)22(2,20)21/h6-9,14H,3-5,10-11H2,1-2H3,(H3,16,17,18)/t14-/m1/s1. The summed E-state index contributed by atoms with van der Waals surface area (Å²) in [7, 11) is -3.16. The van der Waals surface area contributed by atoms with Crippen molar-refractivity contribution in [2.75, 3.05) is 24.7 Å². The van der Waals surface area contributed by atoms with Gasteiger partial charge in [0.05, 0.1) is 12.8 Å². The van der Waals surface area contributed by atoms with Crippen LogP contribution in [0.2, 0.25) is 0 Å². The van der Waals surface area contributed by atoms with Crippen LogP contribution in [0.5, 0.6) is 0 Å². The molecule has 1 heterocycles. The van der Waals surface area contributed by atoms with E-state index in [4.69, 9.17) is 5.73 Å². The van der Waals surface area contributed by atoms with Crippen molar-refractivity contribution in [3.63, 3.8) is 0 Å². The molecule has 0 aromatic heterocycles. The van der Waals surface area contributed by atoms with Crippen molar-refractivity contribution >= 4 is 21.7 Å². The molecule has 0 amide bonds. The van der Waals surface area contributed by atoms with E-state index < -0.39 is 10.0 Å². The van der Waals surface area contributed by atoms with Gasteiger partial charge in [-0.1, -0.05) is 19.1 Å². The lowest BCUT2D eigenvalue weighted by molar-refractivity contribution is 0.397. The second-order valence-corrected chi connectivity index (χ2v) is 7.51. The molecule has 1 aromatic carbocycles. The van der Waals surface area contributed by atoms with Crippen LogP contribution in [0.1, 0.15) is 25.3 Å². The van der Waals surface area contributed by atoms with E-state index in [1.165, 1.54) is 16.1 Å². The van der Waals surface area contributed by atoms with Crippen molar-refractivity contribution in [3.05, 3.63) is 29.8 Å². The average Bonchev–Trinajstić information content (AvgIpc) is 2.94. The highest BCUT2D eigenvalue weighted by Gasteiger charge is 2.30. The van der Waals surface area contributed by atoms with Crippen molar-refractivity contribution in [1.82, 2.24) is 4.31 Å². The lowest BCUT2D eigenvalue weighted by Gasteiger charge is -2.20. The summed E-state index contributed by atoms with van der Waals surface area (Å²) in [6.07, 6.45) is 3.94. The van der Waals surface area contributed by atoms with Gasteiger partial charge in [-0.05, 0) is 37.0 Å². The maximum absolute atomic E-state index is 11.7. The Morgan fingerprint density at radius 2 is 2.09 bits per heavy atom. The summed E-state index contributed by atoms with van der Waals surface area (Å²) in [5, 5.41) is 3.03. The van der Waals surface area contributed by atoms with Crippen molar-refractivity contribution < 1.29 is 8.42 Å². The number of guanidine groups is 1. The molecule has 1 fully saturated rings. The molecule has 0 aliphatic carbocycles. The second kappa shape index (κ2) is 7.11. The normalized spacial score (nSPS) is 20.3. The number of nitrogens with two attached hydrogens (primary N) is 1. The number of hydrogen-bond acceptors (Lipinski definition) is 3. The fourth-order valence-corrected chi connectivity index (χ4v) is 3.82. The van der Waals surface area contributed by atoms with Gasteiger partial charge in [-0.15, -0.1) is 0 Å². The Labute approximate surface area is 132 Å². The number of rotatable bonds is 5. The van der Waals surface area contributed by atoms with Gasteiger partial charge >= 0.3 is 0 Å². The first-order valence-electron chi connectivity index (χ1n) is 7.53. The van der Waals surface area contributed by atoms with Crippen LogP contribution in [-0.2, 0) is 16.4 Å². The van der Waals surface area contributed by atoms with Gasteiger partial charge in [0.2, 0.25) is 10.0 Å². The molecule has 3 N–H and O–H groups in total. The van der Waals surface area contributed by atoms with E-state index in [9.17, 15) is 8.42 Å². The van der Waals surface area contributed by atoms with Gasteiger partial charge in [0.25, 0.3) is 0 Å². The number of nitrogens with one attached hydrogen (secondary N) is 1. The Bertz CT molecular complexity index is 625. The minimum Gasteiger partial charge on any atom is -0.370 e. The number of anilines is 1. The smallest absolute Gasteiger partial charge is 0.211 e. The van der Waals surface area contributed by atoms with Gasteiger partial charge in [-0.3, -0.25) is 4.99 Å². The molecule has 0 saturated carbocycles. The van der Waals surface area contributed by atoms with Crippen LogP contribution in [-0.4, -0.2) is 44.1 Å². The van der Waals surface area contributed by atoms with E-state index >= 15 is 0 Å². The number of aryl methyl sites for hydroxylation is 1. The predicted molar refractivity (Wildman–Crippen MR) is 90.5 cm³/mol. The van der Waals surface area contributed by atoms with Crippen LogP contribution in [0.25, 0.3) is 0 Å². The van der Waals surface area contributed by atoms with E-state index in [1.807, 2.05) is 24.3 Å². The number of aliphatic imine (C=N–C) groups is 1. The quantitative estimate of drug-likeness (QED) is 0.633. The summed E-state index contributed by atoms with van der Waals surface area (Å²) in [5.74, 6) is 0.310. The fourth-order valence-electron chi connectivity index (χ4n) is 2.64. The summed E-state index contributed by atoms with van der Waals surface area (Å²) < 4.78 is 24.9. The van der Waals surface area contributed by atoms with E-state index in [1.54, 1.807) is 0 Å². The topological polar surface area (TPSA) is 87.8 Å². The van der Waals surface area contributed by atoms with Crippen molar-refractivity contribution in [3.8, 4) is 0 Å². The van der Waals surface area contributed by atoms with Crippen LogP contribution in [0.4, 0.5) is 5.69 Å². The summed E-state index contributed by atoms with van der Waals surface area (Å²) in [5.41, 5.74) is 8.02. The number of benzene rings is 1. The SMILES string of the molecule is CCc1ccc(NC(N)=NC[C@H]2CCCN2S(C)(=O)=O)cc1. The van der Waals surface area contributed by atoms with Gasteiger partial charge in [-0.25, -0.2) is 8.42 Å². The van der Waals surface area contributed by atoms with Crippen LogP contribution < -0.4 is 11.1 Å². The first kappa shape index (κ1) is 16.8. The first-order chi connectivity index (χ1) is 10.4. The van der Waals surface area contributed by atoms with Crippen LogP contribution >= 0.6 is 0 Å². The van der Waals surface area contributed by atoms with E-state index in [2.05, 4.69) is 17.2 Å². The summed E-state index contributed by atoms with van der Waals surface area (Å²) in [4.78, 5) is 4.28. The average molecular weight is 324 g/mol. The Kier molecular flexibility index (Phi) is 5.42.